The van der Waals surface area contributed by atoms with Gasteiger partial charge in [-0.2, -0.15) is 0 Å². The van der Waals surface area contributed by atoms with E-state index in [1.165, 1.54) is 43.6 Å². The molecule has 0 aliphatic heterocycles. The molecule has 0 N–H and O–H groups in total. The number of hydrogen-bond acceptors (Lipinski definition) is 2. The number of nitrogens with zero attached hydrogens (tertiary/aromatic N) is 5. The van der Waals surface area contributed by atoms with E-state index in [2.05, 4.69) is 214 Å². The van der Waals surface area contributed by atoms with Gasteiger partial charge in [-0.3, -0.25) is 0 Å². The van der Waals surface area contributed by atoms with Gasteiger partial charge in [0.25, 0.3) is 0 Å². The first-order valence-corrected chi connectivity index (χ1v) is 24.0. The van der Waals surface area contributed by atoms with Gasteiger partial charge in [-0.1, -0.05) is 170 Å². The van der Waals surface area contributed by atoms with Crippen molar-refractivity contribution in [2.75, 3.05) is 0 Å². The van der Waals surface area contributed by atoms with E-state index in [9.17, 15) is 0 Å². The number of para-hydroxylation sites is 4. The van der Waals surface area contributed by atoms with Crippen LogP contribution in [0.4, 0.5) is 5.69 Å². The second-order valence-corrected chi connectivity index (χ2v) is 18.4. The zero-order valence-electron chi connectivity index (χ0n) is 38.4. The highest BCUT2D eigenvalue weighted by Crippen LogP contribution is 2.50. The average molecular weight is 904 g/mol. The van der Waals surface area contributed by atoms with Gasteiger partial charge in [0.1, 0.15) is 5.82 Å². The van der Waals surface area contributed by atoms with Crippen molar-refractivity contribution in [2.24, 2.45) is 0 Å². The predicted octanol–water partition coefficient (Wildman–Crippen LogP) is 17.1. The lowest BCUT2D eigenvalue weighted by Crippen LogP contribution is -2.07. The van der Waals surface area contributed by atoms with Gasteiger partial charge < -0.3 is 9.13 Å². The molecule has 5 nitrogen and oxygen atoms in total. The molecule has 3 aromatic heterocycles. The monoisotopic (exact) mass is 903 g/mol. The highest BCUT2D eigenvalue weighted by Gasteiger charge is 2.33. The average Bonchev–Trinajstić information content (AvgIpc) is 4.09. The van der Waals surface area contributed by atoms with Crippen LogP contribution in [0.2, 0.25) is 0 Å². The third kappa shape index (κ3) is 6.61. The molecule has 71 heavy (non-hydrogen) atoms. The van der Waals surface area contributed by atoms with Crippen LogP contribution in [0.1, 0.15) is 22.9 Å². The quantitative estimate of drug-likeness (QED) is 0.150. The van der Waals surface area contributed by atoms with Gasteiger partial charge in [0, 0.05) is 38.5 Å². The Hall–Kier alpha value is -9.63. The Morgan fingerprint density at radius 3 is 1.24 bits per heavy atom. The van der Waals surface area contributed by atoms with Gasteiger partial charge in [0.05, 0.1) is 45.9 Å². The minimum absolute atomic E-state index is 0.248. The van der Waals surface area contributed by atoms with Crippen LogP contribution in [0.25, 0.3) is 116 Å². The minimum Gasteiger partial charge on any atom is -0.309 e. The molecule has 1 aliphatic rings. The molecule has 14 rings (SSSR count). The topological polar surface area (TPSA) is 40.0 Å². The highest BCUT2D eigenvalue weighted by molar-refractivity contribution is 6.10. The fourth-order valence-electron chi connectivity index (χ4n) is 11.2. The molecule has 0 saturated carbocycles. The van der Waals surface area contributed by atoms with Crippen LogP contribution < -0.4 is 0 Å². The van der Waals surface area contributed by atoms with Crippen LogP contribution in [-0.2, 0) is 0 Å². The summed E-state index contributed by atoms with van der Waals surface area (Å²) in [5.41, 5.74) is 20.2. The van der Waals surface area contributed by atoms with Gasteiger partial charge in [0.15, 0.2) is 5.69 Å². The molecule has 3 heterocycles. The van der Waals surface area contributed by atoms with Crippen LogP contribution in [0, 0.1) is 6.57 Å². The molecule has 0 unspecified atom stereocenters. The Balaban J connectivity index is 0.952. The Morgan fingerprint density at radius 1 is 0.338 bits per heavy atom. The minimum atomic E-state index is -0.248. The van der Waals surface area contributed by atoms with Crippen LogP contribution in [0.5, 0.6) is 0 Å². The number of hydrogen-bond donors (Lipinski definition) is 0. The Kier molecular flexibility index (Phi) is 9.27. The smallest absolute Gasteiger partial charge is 0.187 e. The molecular formula is C66H41N5. The lowest BCUT2D eigenvalue weighted by molar-refractivity contribution is 0.879. The molecule has 13 aromatic rings. The molecule has 0 bridgehead atoms. The second kappa shape index (κ2) is 16.3. The van der Waals surface area contributed by atoms with Crippen molar-refractivity contribution in [1.29, 1.82) is 0 Å². The Labute approximate surface area is 410 Å². The van der Waals surface area contributed by atoms with Crippen molar-refractivity contribution in [3.63, 3.8) is 0 Å². The molecule has 0 saturated heterocycles. The molecule has 0 atom stereocenters. The van der Waals surface area contributed by atoms with Crippen LogP contribution >= 0.6 is 0 Å². The fraction of sp³-hybridized carbons (Fsp3) is 0.0152. The molecule has 0 amide bonds. The maximum Gasteiger partial charge on any atom is 0.187 e. The summed E-state index contributed by atoms with van der Waals surface area (Å²) in [4.78, 5) is 14.6. The van der Waals surface area contributed by atoms with Crippen molar-refractivity contribution in [1.82, 2.24) is 19.1 Å². The standard InChI is InChI=1S/C66H41N5/c1-67-48-21-13-20-47(36-48)60-41-59(42-16-3-2-4-17-42)68-66(69-60)65-55-34-32-45(43-18-14-22-49(37-43)70-61-28-9-5-24-51(61)52-25-6-10-29-62(52)70)39-57(55)58-40-46(33-35-56(58)65)44-19-15-23-50(38-44)71-63-30-11-7-26-53(63)54-27-8-12-31-64(54)71/h2-41,65H. The summed E-state index contributed by atoms with van der Waals surface area (Å²) >= 11 is 0. The lowest BCUT2D eigenvalue weighted by Gasteiger charge is -2.17. The molecule has 330 valence electrons. The summed E-state index contributed by atoms with van der Waals surface area (Å²) in [6.45, 7) is 7.79. The van der Waals surface area contributed by atoms with Crippen molar-refractivity contribution < 1.29 is 0 Å². The van der Waals surface area contributed by atoms with Gasteiger partial charge in [-0.15, -0.1) is 0 Å². The number of fused-ring (bicyclic) bond motifs is 9. The SMILES string of the molecule is [C-]#[N+]c1cccc(-c2cc(-c3ccccc3)nc(C3c4ccc(-c5cccc(-n6c7ccccc7c7ccccc76)c5)cc4-c4cc(-c5cccc(-n6c7ccccc7c7ccccc76)c5)ccc43)n2)c1. The molecule has 10 aromatic carbocycles. The van der Waals surface area contributed by atoms with Crippen molar-refractivity contribution in [3.05, 3.63) is 271 Å². The summed E-state index contributed by atoms with van der Waals surface area (Å²) in [6, 6.07) is 86.5. The zero-order valence-corrected chi connectivity index (χ0v) is 38.4. The summed E-state index contributed by atoms with van der Waals surface area (Å²) in [7, 11) is 0. The molecule has 0 radical (unpaired) electrons. The van der Waals surface area contributed by atoms with Gasteiger partial charge in [0.2, 0.25) is 0 Å². The molecular weight excluding hydrogens is 863 g/mol. The summed E-state index contributed by atoms with van der Waals surface area (Å²) in [6.07, 6.45) is 0. The maximum atomic E-state index is 7.79. The van der Waals surface area contributed by atoms with Crippen LogP contribution in [-0.4, -0.2) is 19.1 Å². The van der Waals surface area contributed by atoms with E-state index >= 15 is 0 Å². The Morgan fingerprint density at radius 2 is 0.746 bits per heavy atom. The predicted molar refractivity (Wildman–Crippen MR) is 292 cm³/mol. The molecule has 0 fully saturated rings. The van der Waals surface area contributed by atoms with E-state index in [0.717, 1.165) is 84.2 Å². The van der Waals surface area contributed by atoms with Crippen LogP contribution in [0.3, 0.4) is 0 Å². The van der Waals surface area contributed by atoms with E-state index in [0.29, 0.717) is 5.69 Å². The zero-order chi connectivity index (χ0) is 47.0. The first-order chi connectivity index (χ1) is 35.1. The maximum absolute atomic E-state index is 7.79. The second-order valence-electron chi connectivity index (χ2n) is 18.4. The molecule has 0 spiro atoms. The Bertz CT molecular complexity index is 4010. The largest absolute Gasteiger partial charge is 0.309 e. The van der Waals surface area contributed by atoms with E-state index in [-0.39, 0.29) is 5.92 Å². The summed E-state index contributed by atoms with van der Waals surface area (Å²) < 4.78 is 4.77. The van der Waals surface area contributed by atoms with Crippen molar-refractivity contribution in [3.8, 4) is 67.3 Å². The lowest BCUT2D eigenvalue weighted by atomic mass is 9.93. The molecule has 5 heteroatoms. The van der Waals surface area contributed by atoms with Crippen molar-refractivity contribution >= 4 is 49.3 Å². The number of benzene rings is 10. The first kappa shape index (κ1) is 40.4. The summed E-state index contributed by atoms with van der Waals surface area (Å²) in [5.74, 6) is 0.472. The summed E-state index contributed by atoms with van der Waals surface area (Å²) in [5, 5.41) is 4.97. The van der Waals surface area contributed by atoms with E-state index < -0.39 is 0 Å². The first-order valence-electron chi connectivity index (χ1n) is 24.0. The fourth-order valence-corrected chi connectivity index (χ4v) is 11.2. The highest BCUT2D eigenvalue weighted by atomic mass is 15.0. The van der Waals surface area contributed by atoms with Crippen molar-refractivity contribution in [2.45, 2.75) is 5.92 Å². The van der Waals surface area contributed by atoms with E-state index in [1.807, 2.05) is 42.5 Å². The van der Waals surface area contributed by atoms with Gasteiger partial charge >= 0.3 is 0 Å². The normalized spacial score (nSPS) is 12.2. The molecule has 1 aliphatic carbocycles. The third-order valence-electron chi connectivity index (χ3n) is 14.4. The third-order valence-corrected chi connectivity index (χ3v) is 14.4. The number of aromatic nitrogens is 4. The van der Waals surface area contributed by atoms with Gasteiger partial charge in [-0.05, 0) is 123 Å². The van der Waals surface area contributed by atoms with Crippen LogP contribution in [0.15, 0.2) is 243 Å². The number of rotatable bonds is 7. The van der Waals surface area contributed by atoms with E-state index in [1.54, 1.807) is 0 Å². The van der Waals surface area contributed by atoms with E-state index in [4.69, 9.17) is 16.5 Å². The van der Waals surface area contributed by atoms with Gasteiger partial charge in [-0.25, -0.2) is 14.8 Å².